The lowest BCUT2D eigenvalue weighted by Gasteiger charge is -2.27. The molecule has 0 aliphatic rings. The molecule has 4 heteroatoms. The molecule has 1 heterocycles. The molecule has 96 valence electrons. The molecule has 3 N–H and O–H groups in total. The summed E-state index contributed by atoms with van der Waals surface area (Å²) in [5.74, 6) is -0.0546. The van der Waals surface area contributed by atoms with Crippen LogP contribution in [-0.2, 0) is 4.79 Å². The zero-order valence-electron chi connectivity index (χ0n) is 11.0. The van der Waals surface area contributed by atoms with Gasteiger partial charge >= 0.3 is 0 Å². The molecule has 0 aliphatic carbocycles. The molecule has 3 nitrogen and oxygen atoms in total. The number of hydrogen-bond donors (Lipinski definition) is 2. The van der Waals surface area contributed by atoms with Gasteiger partial charge in [-0.2, -0.15) is 0 Å². The first-order valence-electron chi connectivity index (χ1n) is 6.09. The molecule has 0 bridgehead atoms. The summed E-state index contributed by atoms with van der Waals surface area (Å²) in [5.41, 5.74) is 5.33. The average Bonchev–Trinajstić information content (AvgIpc) is 2.74. The van der Waals surface area contributed by atoms with E-state index in [-0.39, 0.29) is 11.9 Å². The lowest BCUT2D eigenvalue weighted by atomic mass is 9.93. The molecule has 0 fully saturated rings. The van der Waals surface area contributed by atoms with Crippen LogP contribution in [0.15, 0.2) is 12.1 Å². The third-order valence-electron chi connectivity index (χ3n) is 3.25. The molecule has 1 aromatic heterocycles. The lowest BCUT2D eigenvalue weighted by Crippen LogP contribution is -2.53. The summed E-state index contributed by atoms with van der Waals surface area (Å²) in [6, 6.07) is 4.15. The van der Waals surface area contributed by atoms with Crippen molar-refractivity contribution in [2.24, 2.45) is 5.73 Å². The van der Waals surface area contributed by atoms with Gasteiger partial charge in [-0.05, 0) is 38.8 Å². The summed E-state index contributed by atoms with van der Waals surface area (Å²) >= 11 is 1.71. The van der Waals surface area contributed by atoms with Crippen molar-refractivity contribution in [1.29, 1.82) is 0 Å². The van der Waals surface area contributed by atoms with E-state index in [2.05, 4.69) is 24.4 Å². The zero-order valence-corrected chi connectivity index (χ0v) is 11.9. The summed E-state index contributed by atoms with van der Waals surface area (Å²) in [7, 11) is 0. The number of carbonyl (C=O) groups is 1. The van der Waals surface area contributed by atoms with E-state index in [0.29, 0.717) is 12.8 Å². The van der Waals surface area contributed by atoms with Crippen LogP contribution >= 0.6 is 11.3 Å². The average molecular weight is 254 g/mol. The van der Waals surface area contributed by atoms with Crippen LogP contribution in [0.1, 0.15) is 49.4 Å². The van der Waals surface area contributed by atoms with Crippen LogP contribution in [0.4, 0.5) is 0 Å². The fourth-order valence-corrected chi connectivity index (χ4v) is 2.55. The molecule has 0 saturated heterocycles. The van der Waals surface area contributed by atoms with Crippen molar-refractivity contribution < 1.29 is 4.79 Å². The Bertz CT molecular complexity index is 383. The van der Waals surface area contributed by atoms with Crippen LogP contribution in [0.25, 0.3) is 0 Å². The Morgan fingerprint density at radius 2 is 2.06 bits per heavy atom. The predicted molar refractivity (Wildman–Crippen MR) is 73.1 cm³/mol. The molecule has 0 radical (unpaired) electrons. The SMILES string of the molecule is CCC(N)(CC)C(=O)NC(C)c1ccc(C)s1. The first-order chi connectivity index (χ1) is 7.92. The minimum atomic E-state index is -0.736. The highest BCUT2D eigenvalue weighted by molar-refractivity contribution is 7.12. The van der Waals surface area contributed by atoms with Gasteiger partial charge in [-0.3, -0.25) is 4.79 Å². The standard InChI is InChI=1S/C13H22N2OS/c1-5-13(14,6-2)12(16)15-10(4)11-8-7-9(3)17-11/h7-8,10H,5-6,14H2,1-4H3,(H,15,16). The van der Waals surface area contributed by atoms with E-state index in [1.54, 1.807) is 11.3 Å². The molecular formula is C13H22N2OS. The molecule has 0 spiro atoms. The van der Waals surface area contributed by atoms with Crippen molar-refractivity contribution in [2.75, 3.05) is 0 Å². The Morgan fingerprint density at radius 3 is 2.47 bits per heavy atom. The Balaban J connectivity index is 2.69. The fraction of sp³-hybridized carbons (Fsp3) is 0.615. The number of amides is 1. The number of aryl methyl sites for hydroxylation is 1. The second-order valence-electron chi connectivity index (χ2n) is 4.51. The maximum Gasteiger partial charge on any atom is 0.240 e. The lowest BCUT2D eigenvalue weighted by molar-refractivity contribution is -0.127. The zero-order chi connectivity index (χ0) is 13.1. The highest BCUT2D eigenvalue weighted by Gasteiger charge is 2.30. The number of rotatable bonds is 5. The topological polar surface area (TPSA) is 55.1 Å². The molecule has 1 atom stereocenters. The Kier molecular flexibility index (Phi) is 4.71. The highest BCUT2D eigenvalue weighted by atomic mass is 32.1. The van der Waals surface area contributed by atoms with Crippen molar-refractivity contribution in [3.8, 4) is 0 Å². The number of hydrogen-bond acceptors (Lipinski definition) is 3. The number of thiophene rings is 1. The highest BCUT2D eigenvalue weighted by Crippen LogP contribution is 2.23. The van der Waals surface area contributed by atoms with E-state index in [1.165, 1.54) is 9.75 Å². The van der Waals surface area contributed by atoms with Gasteiger partial charge in [0, 0.05) is 9.75 Å². The van der Waals surface area contributed by atoms with E-state index in [9.17, 15) is 4.79 Å². The summed E-state index contributed by atoms with van der Waals surface area (Å²) in [5, 5.41) is 3.00. The Morgan fingerprint density at radius 1 is 1.47 bits per heavy atom. The smallest absolute Gasteiger partial charge is 0.240 e. The summed E-state index contributed by atoms with van der Waals surface area (Å²) in [6.07, 6.45) is 1.32. The normalized spacial score (nSPS) is 13.5. The van der Waals surface area contributed by atoms with Gasteiger partial charge in [-0.25, -0.2) is 0 Å². The molecule has 1 rings (SSSR count). The van der Waals surface area contributed by atoms with Crippen molar-refractivity contribution in [1.82, 2.24) is 5.32 Å². The van der Waals surface area contributed by atoms with E-state index < -0.39 is 5.54 Å². The van der Waals surface area contributed by atoms with Gasteiger partial charge in [0.15, 0.2) is 0 Å². The van der Waals surface area contributed by atoms with Crippen molar-refractivity contribution in [3.63, 3.8) is 0 Å². The second-order valence-corrected chi connectivity index (χ2v) is 5.83. The largest absolute Gasteiger partial charge is 0.347 e. The van der Waals surface area contributed by atoms with Gasteiger partial charge in [0.2, 0.25) is 5.91 Å². The van der Waals surface area contributed by atoms with Crippen molar-refractivity contribution in [2.45, 2.75) is 52.1 Å². The maximum absolute atomic E-state index is 12.1. The Hall–Kier alpha value is -0.870. The number of nitrogens with two attached hydrogens (primary N) is 1. The minimum absolute atomic E-state index is 0.0298. The van der Waals surface area contributed by atoms with Crippen molar-refractivity contribution >= 4 is 17.2 Å². The van der Waals surface area contributed by atoms with E-state index in [4.69, 9.17) is 5.73 Å². The first-order valence-corrected chi connectivity index (χ1v) is 6.90. The molecular weight excluding hydrogens is 232 g/mol. The van der Waals surface area contributed by atoms with Gasteiger partial charge < -0.3 is 11.1 Å². The summed E-state index contributed by atoms with van der Waals surface area (Å²) in [6.45, 7) is 7.95. The van der Waals surface area contributed by atoms with Crippen molar-refractivity contribution in [3.05, 3.63) is 21.9 Å². The van der Waals surface area contributed by atoms with Gasteiger partial charge in [-0.15, -0.1) is 11.3 Å². The molecule has 0 saturated carbocycles. The first kappa shape index (κ1) is 14.2. The van der Waals surface area contributed by atoms with E-state index in [1.807, 2.05) is 20.8 Å². The molecule has 1 amide bonds. The molecule has 1 unspecified atom stereocenters. The molecule has 17 heavy (non-hydrogen) atoms. The van der Waals surface area contributed by atoms with Crippen LogP contribution < -0.4 is 11.1 Å². The van der Waals surface area contributed by atoms with Gasteiger partial charge in [0.25, 0.3) is 0 Å². The molecule has 0 aromatic carbocycles. The summed E-state index contributed by atoms with van der Waals surface area (Å²) < 4.78 is 0. The fourth-order valence-electron chi connectivity index (χ4n) is 1.67. The molecule has 1 aromatic rings. The van der Waals surface area contributed by atoms with Crippen LogP contribution in [0.2, 0.25) is 0 Å². The van der Waals surface area contributed by atoms with Gasteiger partial charge in [-0.1, -0.05) is 13.8 Å². The van der Waals surface area contributed by atoms with E-state index in [0.717, 1.165) is 0 Å². The number of carbonyl (C=O) groups excluding carboxylic acids is 1. The quantitative estimate of drug-likeness (QED) is 0.849. The van der Waals surface area contributed by atoms with Crippen LogP contribution in [0, 0.1) is 6.92 Å². The minimum Gasteiger partial charge on any atom is -0.347 e. The molecule has 0 aliphatic heterocycles. The van der Waals surface area contributed by atoms with Gasteiger partial charge in [0.05, 0.1) is 11.6 Å². The maximum atomic E-state index is 12.1. The number of nitrogens with one attached hydrogen (secondary N) is 1. The second kappa shape index (κ2) is 5.65. The monoisotopic (exact) mass is 254 g/mol. The van der Waals surface area contributed by atoms with Gasteiger partial charge in [0.1, 0.15) is 0 Å². The van der Waals surface area contributed by atoms with Crippen LogP contribution in [0.3, 0.4) is 0 Å². The third-order valence-corrected chi connectivity index (χ3v) is 4.43. The third kappa shape index (κ3) is 3.30. The van der Waals surface area contributed by atoms with Crippen LogP contribution in [0.5, 0.6) is 0 Å². The predicted octanol–water partition coefficient (Wildman–Crippen LogP) is 2.75. The summed E-state index contributed by atoms with van der Waals surface area (Å²) in [4.78, 5) is 14.5. The van der Waals surface area contributed by atoms with E-state index >= 15 is 0 Å². The Labute approximate surface area is 107 Å². The van der Waals surface area contributed by atoms with Crippen LogP contribution in [-0.4, -0.2) is 11.4 Å².